The zero-order chi connectivity index (χ0) is 15.3. The van der Waals surface area contributed by atoms with Gasteiger partial charge in [-0.1, -0.05) is 24.3 Å². The van der Waals surface area contributed by atoms with Crippen LogP contribution >= 0.6 is 0 Å². The predicted molar refractivity (Wildman–Crippen MR) is 83.4 cm³/mol. The quantitative estimate of drug-likeness (QED) is 0.798. The van der Waals surface area contributed by atoms with Crippen LogP contribution in [0.2, 0.25) is 0 Å². The van der Waals surface area contributed by atoms with E-state index in [9.17, 15) is 8.42 Å². The van der Waals surface area contributed by atoms with Crippen LogP contribution in [0.15, 0.2) is 24.3 Å². The molecule has 1 heterocycles. The van der Waals surface area contributed by atoms with Crippen molar-refractivity contribution in [1.29, 1.82) is 0 Å². The van der Waals surface area contributed by atoms with Gasteiger partial charge in [0.15, 0.2) is 0 Å². The lowest BCUT2D eigenvalue weighted by molar-refractivity contribution is 0.0902. The molecule has 0 aromatic heterocycles. The number of benzene rings is 1. The molecule has 0 aliphatic carbocycles. The third-order valence-corrected chi connectivity index (χ3v) is 5.06. The lowest BCUT2D eigenvalue weighted by atomic mass is 10.1. The second-order valence-corrected chi connectivity index (χ2v) is 7.32. The monoisotopic (exact) mass is 312 g/mol. The average Bonchev–Trinajstić information content (AvgIpc) is 2.92. The largest absolute Gasteiger partial charge is 0.377 e. The Labute approximate surface area is 127 Å². The van der Waals surface area contributed by atoms with Crippen LogP contribution < -0.4 is 10.0 Å². The summed E-state index contributed by atoms with van der Waals surface area (Å²) in [5, 5.41) is 3.06. The van der Waals surface area contributed by atoms with E-state index in [1.807, 2.05) is 38.2 Å². The van der Waals surface area contributed by atoms with E-state index >= 15 is 0 Å². The minimum absolute atomic E-state index is 0.00160. The van der Waals surface area contributed by atoms with Gasteiger partial charge in [-0.2, -0.15) is 0 Å². The van der Waals surface area contributed by atoms with Crippen molar-refractivity contribution in [2.45, 2.75) is 44.2 Å². The summed E-state index contributed by atoms with van der Waals surface area (Å²) in [4.78, 5) is 0. The fourth-order valence-electron chi connectivity index (χ4n) is 2.65. The van der Waals surface area contributed by atoms with Gasteiger partial charge in [-0.3, -0.25) is 0 Å². The molecule has 1 fully saturated rings. The lowest BCUT2D eigenvalue weighted by Crippen LogP contribution is -2.41. The van der Waals surface area contributed by atoms with Gasteiger partial charge >= 0.3 is 0 Å². The summed E-state index contributed by atoms with van der Waals surface area (Å²) in [7, 11) is -1.48. The Morgan fingerprint density at radius 3 is 2.81 bits per heavy atom. The summed E-state index contributed by atoms with van der Waals surface area (Å²) in [6.45, 7) is 3.32. The Kier molecular flexibility index (Phi) is 5.75. The lowest BCUT2D eigenvalue weighted by Gasteiger charge is -2.20. The second kappa shape index (κ2) is 7.35. The molecule has 0 saturated carbocycles. The second-order valence-electron chi connectivity index (χ2n) is 5.57. The first kappa shape index (κ1) is 16.4. The molecule has 1 aliphatic rings. The van der Waals surface area contributed by atoms with Crippen LogP contribution in [0.3, 0.4) is 0 Å². The number of hydrogen-bond donors (Lipinski definition) is 2. The maximum atomic E-state index is 12.3. The van der Waals surface area contributed by atoms with E-state index in [-0.39, 0.29) is 17.9 Å². The predicted octanol–water partition coefficient (Wildman–Crippen LogP) is 1.39. The first-order valence-corrected chi connectivity index (χ1v) is 8.99. The van der Waals surface area contributed by atoms with Crippen LogP contribution in [-0.4, -0.2) is 34.2 Å². The van der Waals surface area contributed by atoms with Gasteiger partial charge in [-0.25, -0.2) is 13.1 Å². The highest BCUT2D eigenvalue weighted by atomic mass is 32.2. The van der Waals surface area contributed by atoms with E-state index in [2.05, 4.69) is 10.0 Å². The third kappa shape index (κ3) is 5.07. The summed E-state index contributed by atoms with van der Waals surface area (Å²) in [5.74, 6) is 0.00160. The van der Waals surface area contributed by atoms with Crippen molar-refractivity contribution in [3.05, 3.63) is 35.4 Å². The van der Waals surface area contributed by atoms with Crippen LogP contribution in [0.25, 0.3) is 0 Å². The Morgan fingerprint density at radius 2 is 2.14 bits per heavy atom. The number of ether oxygens (including phenoxy) is 1. The van der Waals surface area contributed by atoms with Crippen LogP contribution in [0.1, 0.15) is 30.9 Å². The van der Waals surface area contributed by atoms with Gasteiger partial charge in [0.2, 0.25) is 10.0 Å². The molecule has 118 valence electrons. The highest BCUT2D eigenvalue weighted by Gasteiger charge is 2.26. The molecule has 1 aromatic carbocycles. The minimum atomic E-state index is -3.35. The fraction of sp³-hybridized carbons (Fsp3) is 0.600. The first-order chi connectivity index (χ1) is 10.00. The molecule has 2 atom stereocenters. The van der Waals surface area contributed by atoms with Crippen molar-refractivity contribution in [3.63, 3.8) is 0 Å². The van der Waals surface area contributed by atoms with Crippen molar-refractivity contribution in [2.24, 2.45) is 0 Å². The molecular weight excluding hydrogens is 288 g/mol. The highest BCUT2D eigenvalue weighted by Crippen LogP contribution is 2.17. The standard InChI is InChI=1S/C15H24N2O3S/c1-12(15-7-4-8-20-15)17-21(18,19)11-14-6-3-5-13(9-14)10-16-2/h3,5-6,9,12,15-17H,4,7-8,10-11H2,1-2H3. The molecule has 2 N–H and O–H groups in total. The highest BCUT2D eigenvalue weighted by molar-refractivity contribution is 7.88. The van der Waals surface area contributed by atoms with E-state index < -0.39 is 10.0 Å². The van der Waals surface area contributed by atoms with Crippen LogP contribution in [0.4, 0.5) is 0 Å². The average molecular weight is 312 g/mol. The maximum Gasteiger partial charge on any atom is 0.216 e. The smallest absolute Gasteiger partial charge is 0.216 e. The number of rotatable bonds is 7. The minimum Gasteiger partial charge on any atom is -0.377 e. The molecule has 0 radical (unpaired) electrons. The summed E-state index contributed by atoms with van der Waals surface area (Å²) in [5.41, 5.74) is 1.88. The Balaban J connectivity index is 1.98. The van der Waals surface area contributed by atoms with Crippen molar-refractivity contribution in [2.75, 3.05) is 13.7 Å². The first-order valence-electron chi connectivity index (χ1n) is 7.34. The van der Waals surface area contributed by atoms with Crippen LogP contribution in [0, 0.1) is 0 Å². The fourth-order valence-corrected chi connectivity index (χ4v) is 4.07. The summed E-state index contributed by atoms with van der Waals surface area (Å²) in [6.07, 6.45) is 1.92. The summed E-state index contributed by atoms with van der Waals surface area (Å²) < 4.78 is 32.8. The van der Waals surface area contributed by atoms with E-state index in [0.29, 0.717) is 0 Å². The number of nitrogens with one attached hydrogen (secondary N) is 2. The molecule has 1 aliphatic heterocycles. The maximum absolute atomic E-state index is 12.3. The summed E-state index contributed by atoms with van der Waals surface area (Å²) >= 11 is 0. The molecule has 6 heteroatoms. The van der Waals surface area contributed by atoms with E-state index in [1.54, 1.807) is 0 Å². The Morgan fingerprint density at radius 1 is 1.38 bits per heavy atom. The SMILES string of the molecule is CNCc1cccc(CS(=O)(=O)NC(C)C2CCCO2)c1. The molecule has 2 unspecified atom stereocenters. The van der Waals surface area contributed by atoms with Gasteiger partial charge in [-0.15, -0.1) is 0 Å². The Bertz CT molecular complexity index is 554. The van der Waals surface area contributed by atoms with E-state index in [1.165, 1.54) is 0 Å². The van der Waals surface area contributed by atoms with E-state index in [4.69, 9.17) is 4.74 Å². The van der Waals surface area contributed by atoms with E-state index in [0.717, 1.165) is 37.1 Å². The van der Waals surface area contributed by atoms with Crippen LogP contribution in [-0.2, 0) is 27.1 Å². The van der Waals surface area contributed by atoms with Gasteiger partial charge in [0.25, 0.3) is 0 Å². The third-order valence-electron chi connectivity index (χ3n) is 3.62. The molecular formula is C15H24N2O3S. The van der Waals surface area contributed by atoms with Crippen LogP contribution in [0.5, 0.6) is 0 Å². The van der Waals surface area contributed by atoms with Gasteiger partial charge in [0, 0.05) is 19.2 Å². The van der Waals surface area contributed by atoms with Crippen molar-refractivity contribution >= 4 is 10.0 Å². The normalized spacial score (nSPS) is 20.6. The van der Waals surface area contributed by atoms with Crippen molar-refractivity contribution < 1.29 is 13.2 Å². The van der Waals surface area contributed by atoms with Crippen molar-refractivity contribution in [1.82, 2.24) is 10.0 Å². The van der Waals surface area contributed by atoms with Gasteiger partial charge < -0.3 is 10.1 Å². The van der Waals surface area contributed by atoms with Gasteiger partial charge in [-0.05, 0) is 37.9 Å². The molecule has 1 saturated heterocycles. The molecule has 1 aromatic rings. The zero-order valence-corrected chi connectivity index (χ0v) is 13.4. The number of hydrogen-bond acceptors (Lipinski definition) is 4. The van der Waals surface area contributed by atoms with Gasteiger partial charge in [0.1, 0.15) is 0 Å². The van der Waals surface area contributed by atoms with Crippen molar-refractivity contribution in [3.8, 4) is 0 Å². The topological polar surface area (TPSA) is 67.4 Å². The zero-order valence-electron chi connectivity index (χ0n) is 12.6. The molecule has 0 amide bonds. The molecule has 5 nitrogen and oxygen atoms in total. The molecule has 21 heavy (non-hydrogen) atoms. The number of sulfonamides is 1. The molecule has 2 rings (SSSR count). The summed E-state index contributed by atoms with van der Waals surface area (Å²) in [6, 6.07) is 7.45. The molecule has 0 bridgehead atoms. The van der Waals surface area contributed by atoms with Gasteiger partial charge in [0.05, 0.1) is 11.9 Å². The molecule has 0 spiro atoms. The Hall–Kier alpha value is -0.950.